The molecular formula is C11H22O2S2. The zero-order chi connectivity index (χ0) is 12.1. The molecule has 0 aliphatic heterocycles. The number of ether oxygens (including phenoxy) is 1. The maximum Gasteiger partial charge on any atom is 0.194 e. The molecule has 0 spiro atoms. The van der Waals surface area contributed by atoms with Gasteiger partial charge in [-0.2, -0.15) is 12.6 Å². The van der Waals surface area contributed by atoms with Crippen molar-refractivity contribution in [2.45, 2.75) is 40.2 Å². The summed E-state index contributed by atoms with van der Waals surface area (Å²) in [5.74, 6) is 1.40. The third-order valence-electron chi connectivity index (χ3n) is 1.75. The molecule has 0 saturated heterocycles. The zero-order valence-electron chi connectivity index (χ0n) is 10.3. The quantitative estimate of drug-likeness (QED) is 0.760. The fraction of sp³-hybridized carbons (Fsp3) is 0.909. The van der Waals surface area contributed by atoms with E-state index in [9.17, 15) is 4.79 Å². The largest absolute Gasteiger partial charge is 0.374 e. The van der Waals surface area contributed by atoms with Gasteiger partial charge >= 0.3 is 0 Å². The van der Waals surface area contributed by atoms with Gasteiger partial charge in [-0.3, -0.25) is 4.79 Å². The van der Waals surface area contributed by atoms with E-state index in [0.29, 0.717) is 18.1 Å². The van der Waals surface area contributed by atoms with Crippen molar-refractivity contribution in [3.05, 3.63) is 0 Å². The van der Waals surface area contributed by atoms with Crippen LogP contribution in [0.2, 0.25) is 0 Å². The SMILES string of the molecule is CC(C)(CSC(=O)C(C)(C)C)OCCS. The van der Waals surface area contributed by atoms with Crippen LogP contribution in [0.4, 0.5) is 0 Å². The molecule has 0 bridgehead atoms. The van der Waals surface area contributed by atoms with Gasteiger partial charge in [0.05, 0.1) is 12.2 Å². The molecule has 2 nitrogen and oxygen atoms in total. The Morgan fingerprint density at radius 1 is 1.27 bits per heavy atom. The summed E-state index contributed by atoms with van der Waals surface area (Å²) in [4.78, 5) is 11.7. The van der Waals surface area contributed by atoms with Crippen molar-refractivity contribution in [3.63, 3.8) is 0 Å². The maximum absolute atomic E-state index is 11.7. The van der Waals surface area contributed by atoms with Gasteiger partial charge in [0.1, 0.15) is 0 Å². The van der Waals surface area contributed by atoms with E-state index in [0.717, 1.165) is 0 Å². The van der Waals surface area contributed by atoms with Gasteiger partial charge in [0.15, 0.2) is 5.12 Å². The molecular weight excluding hydrogens is 228 g/mol. The second kappa shape index (κ2) is 6.16. The van der Waals surface area contributed by atoms with Crippen molar-refractivity contribution in [2.75, 3.05) is 18.1 Å². The van der Waals surface area contributed by atoms with Crippen molar-refractivity contribution < 1.29 is 9.53 Å². The summed E-state index contributed by atoms with van der Waals surface area (Å²) in [6, 6.07) is 0. The minimum Gasteiger partial charge on any atom is -0.374 e. The van der Waals surface area contributed by atoms with E-state index in [4.69, 9.17) is 4.74 Å². The lowest BCUT2D eigenvalue weighted by atomic mass is 10.00. The molecule has 0 saturated carbocycles. The lowest BCUT2D eigenvalue weighted by Gasteiger charge is -2.25. The molecule has 0 aliphatic carbocycles. The fourth-order valence-electron chi connectivity index (χ4n) is 0.819. The first kappa shape index (κ1) is 15.3. The molecule has 0 aromatic carbocycles. The van der Waals surface area contributed by atoms with Crippen LogP contribution in [0.3, 0.4) is 0 Å². The van der Waals surface area contributed by atoms with E-state index in [1.165, 1.54) is 11.8 Å². The third-order valence-corrected chi connectivity index (χ3v) is 3.64. The van der Waals surface area contributed by atoms with E-state index in [1.54, 1.807) is 0 Å². The molecule has 4 heteroatoms. The molecule has 0 radical (unpaired) electrons. The average molecular weight is 250 g/mol. The van der Waals surface area contributed by atoms with Gasteiger partial charge in [-0.15, -0.1) is 0 Å². The molecule has 15 heavy (non-hydrogen) atoms. The summed E-state index contributed by atoms with van der Waals surface area (Å²) in [6.45, 7) is 10.4. The number of hydrogen-bond acceptors (Lipinski definition) is 4. The second-order valence-corrected chi connectivity index (χ2v) is 6.55. The molecule has 0 unspecified atom stereocenters. The first-order valence-electron chi connectivity index (χ1n) is 5.11. The van der Waals surface area contributed by atoms with Crippen LogP contribution in [0, 0.1) is 5.41 Å². The van der Waals surface area contributed by atoms with E-state index < -0.39 is 0 Å². The van der Waals surface area contributed by atoms with Gasteiger partial charge in [-0.1, -0.05) is 32.5 Å². The Morgan fingerprint density at radius 3 is 2.20 bits per heavy atom. The summed E-state index contributed by atoms with van der Waals surface area (Å²) in [7, 11) is 0. The molecule has 0 N–H and O–H groups in total. The van der Waals surface area contributed by atoms with E-state index in [-0.39, 0.29) is 16.1 Å². The van der Waals surface area contributed by atoms with Crippen LogP contribution in [-0.4, -0.2) is 28.8 Å². The summed E-state index contributed by atoms with van der Waals surface area (Å²) >= 11 is 5.44. The van der Waals surface area contributed by atoms with Crippen LogP contribution in [0.5, 0.6) is 0 Å². The van der Waals surface area contributed by atoms with Crippen LogP contribution in [0.1, 0.15) is 34.6 Å². The maximum atomic E-state index is 11.7. The van der Waals surface area contributed by atoms with E-state index >= 15 is 0 Å². The Hall–Kier alpha value is 0.330. The fourth-order valence-corrected chi connectivity index (χ4v) is 1.91. The number of thiol groups is 1. The second-order valence-electron chi connectivity index (χ2n) is 5.16. The Morgan fingerprint density at radius 2 is 1.80 bits per heavy atom. The smallest absolute Gasteiger partial charge is 0.194 e. The zero-order valence-corrected chi connectivity index (χ0v) is 12.0. The lowest BCUT2D eigenvalue weighted by molar-refractivity contribution is -0.117. The molecule has 0 aromatic heterocycles. The summed E-state index contributed by atoms with van der Waals surface area (Å²) in [5, 5.41) is 0.213. The Bertz CT molecular complexity index is 207. The molecule has 0 fully saturated rings. The third kappa shape index (κ3) is 7.25. The normalized spacial score (nSPS) is 12.9. The Kier molecular flexibility index (Phi) is 6.30. The molecule has 90 valence electrons. The summed E-state index contributed by atoms with van der Waals surface area (Å²) in [6.07, 6.45) is 0. The minimum atomic E-state index is -0.274. The number of carbonyl (C=O) groups is 1. The predicted octanol–water partition coefficient (Wildman–Crippen LogP) is 3.02. The molecule has 0 heterocycles. The standard InChI is InChI=1S/C11H22O2S2/c1-10(2,3)9(12)15-8-11(4,5)13-6-7-14/h14H,6-8H2,1-5H3. The van der Waals surface area contributed by atoms with Gasteiger partial charge in [0.2, 0.25) is 0 Å². The molecule has 0 aliphatic rings. The number of thioether (sulfide) groups is 1. The van der Waals surface area contributed by atoms with Crippen molar-refractivity contribution >= 4 is 29.5 Å². The van der Waals surface area contributed by atoms with Crippen LogP contribution in [0.25, 0.3) is 0 Å². The van der Waals surface area contributed by atoms with Crippen molar-refractivity contribution in [1.82, 2.24) is 0 Å². The van der Waals surface area contributed by atoms with Crippen LogP contribution in [0.15, 0.2) is 0 Å². The summed E-state index contributed by atoms with van der Waals surface area (Å²) in [5.41, 5.74) is -0.529. The van der Waals surface area contributed by atoms with Gasteiger partial charge in [0, 0.05) is 16.9 Å². The van der Waals surface area contributed by atoms with Gasteiger partial charge < -0.3 is 4.74 Å². The molecule has 0 rings (SSSR count). The monoisotopic (exact) mass is 250 g/mol. The lowest BCUT2D eigenvalue weighted by Crippen LogP contribution is -2.30. The van der Waals surface area contributed by atoms with Gasteiger partial charge in [-0.25, -0.2) is 0 Å². The molecule has 0 amide bonds. The first-order valence-corrected chi connectivity index (χ1v) is 6.73. The first-order chi connectivity index (χ1) is 6.69. The highest BCUT2D eigenvalue weighted by atomic mass is 32.2. The van der Waals surface area contributed by atoms with Crippen molar-refractivity contribution in [2.24, 2.45) is 5.41 Å². The minimum absolute atomic E-state index is 0.213. The van der Waals surface area contributed by atoms with Crippen LogP contribution < -0.4 is 0 Å². The highest BCUT2D eigenvalue weighted by Gasteiger charge is 2.26. The van der Waals surface area contributed by atoms with Gasteiger partial charge in [-0.05, 0) is 13.8 Å². The molecule has 0 aromatic rings. The van der Waals surface area contributed by atoms with Crippen molar-refractivity contribution in [1.29, 1.82) is 0 Å². The van der Waals surface area contributed by atoms with Crippen molar-refractivity contribution in [3.8, 4) is 0 Å². The van der Waals surface area contributed by atoms with Gasteiger partial charge in [0.25, 0.3) is 0 Å². The highest BCUT2D eigenvalue weighted by Crippen LogP contribution is 2.26. The highest BCUT2D eigenvalue weighted by molar-refractivity contribution is 8.13. The average Bonchev–Trinajstić information content (AvgIpc) is 2.09. The topological polar surface area (TPSA) is 26.3 Å². The van der Waals surface area contributed by atoms with E-state index in [2.05, 4.69) is 12.6 Å². The number of rotatable bonds is 5. The van der Waals surface area contributed by atoms with Crippen LogP contribution in [-0.2, 0) is 9.53 Å². The Labute approximate surface area is 103 Å². The van der Waals surface area contributed by atoms with E-state index in [1.807, 2.05) is 34.6 Å². The Balaban J connectivity index is 3.98. The van der Waals surface area contributed by atoms with Crippen LogP contribution >= 0.6 is 24.4 Å². The molecule has 0 atom stereocenters. The number of hydrogen-bond donors (Lipinski definition) is 1. The summed E-state index contributed by atoms with van der Waals surface area (Å²) < 4.78 is 5.59. The predicted molar refractivity (Wildman–Crippen MR) is 70.8 cm³/mol. The number of carbonyl (C=O) groups excluding carboxylic acids is 1.